The lowest BCUT2D eigenvalue weighted by atomic mass is 10.1. The van der Waals surface area contributed by atoms with Gasteiger partial charge in [-0.3, -0.25) is 4.79 Å². The molecule has 1 saturated carbocycles. The summed E-state index contributed by atoms with van der Waals surface area (Å²) in [5.41, 5.74) is 9.61. The van der Waals surface area contributed by atoms with Gasteiger partial charge in [-0.05, 0) is 43.9 Å². The molecule has 4 rings (SSSR count). The van der Waals surface area contributed by atoms with Crippen LogP contribution in [0.25, 0.3) is 5.69 Å². The highest BCUT2D eigenvalue weighted by Gasteiger charge is 2.35. The van der Waals surface area contributed by atoms with Crippen LogP contribution in [0.3, 0.4) is 0 Å². The molecular weight excluding hydrogens is 324 g/mol. The lowest BCUT2D eigenvalue weighted by Crippen LogP contribution is -2.32. The Morgan fingerprint density at radius 3 is 2.75 bits per heavy atom. The highest BCUT2D eigenvalue weighted by Crippen LogP contribution is 2.43. The minimum Gasteiger partial charge on any atom is -0.337 e. The fourth-order valence-corrected chi connectivity index (χ4v) is 3.51. The van der Waals surface area contributed by atoms with Crippen molar-refractivity contribution in [3.8, 4) is 5.69 Å². The number of carbonyl (C=O) groups is 1. The molecule has 1 amide bonds. The van der Waals surface area contributed by atoms with Crippen molar-refractivity contribution in [1.82, 2.24) is 14.7 Å². The van der Waals surface area contributed by atoms with Crippen LogP contribution in [0.5, 0.6) is 0 Å². The Kier molecular flexibility index (Phi) is 3.85. The summed E-state index contributed by atoms with van der Waals surface area (Å²) >= 11 is 6.27. The molecule has 2 aromatic rings. The van der Waals surface area contributed by atoms with Crippen LogP contribution in [0.4, 0.5) is 0 Å². The van der Waals surface area contributed by atoms with E-state index in [0.29, 0.717) is 23.0 Å². The van der Waals surface area contributed by atoms with Crippen LogP contribution in [0.15, 0.2) is 24.4 Å². The number of halogens is 1. The molecule has 1 aliphatic carbocycles. The molecule has 0 spiro atoms. The van der Waals surface area contributed by atoms with Gasteiger partial charge < -0.3 is 10.6 Å². The van der Waals surface area contributed by atoms with Gasteiger partial charge in [0, 0.05) is 30.1 Å². The van der Waals surface area contributed by atoms with Crippen molar-refractivity contribution >= 4 is 17.5 Å². The summed E-state index contributed by atoms with van der Waals surface area (Å²) in [4.78, 5) is 14.7. The lowest BCUT2D eigenvalue weighted by molar-refractivity contribution is 0.0789. The molecule has 0 bridgehead atoms. The molecular formula is C18H21ClN4O. The van der Waals surface area contributed by atoms with E-state index in [9.17, 15) is 4.79 Å². The number of hydrogen-bond acceptors (Lipinski definition) is 3. The summed E-state index contributed by atoms with van der Waals surface area (Å²) < 4.78 is 1.88. The van der Waals surface area contributed by atoms with E-state index >= 15 is 0 Å². The van der Waals surface area contributed by atoms with E-state index in [4.69, 9.17) is 17.3 Å². The highest BCUT2D eigenvalue weighted by atomic mass is 35.5. The third kappa shape index (κ3) is 2.72. The van der Waals surface area contributed by atoms with Crippen LogP contribution in [-0.2, 0) is 0 Å². The zero-order valence-electron chi connectivity index (χ0n) is 13.7. The maximum atomic E-state index is 12.9. The van der Waals surface area contributed by atoms with E-state index < -0.39 is 0 Å². The summed E-state index contributed by atoms with van der Waals surface area (Å²) in [5.74, 6) is 0.456. The Hall–Kier alpha value is -1.85. The van der Waals surface area contributed by atoms with Crippen molar-refractivity contribution < 1.29 is 4.79 Å². The second-order valence-electron chi connectivity index (χ2n) is 6.86. The van der Waals surface area contributed by atoms with Gasteiger partial charge in [-0.2, -0.15) is 5.10 Å². The first kappa shape index (κ1) is 15.7. The SMILES string of the molecule is Cc1ccc(-n2ncc(C(=O)N3CCC(N)C3)c2C2CC2)cc1Cl. The molecule has 5 nitrogen and oxygen atoms in total. The number of benzene rings is 1. The molecule has 0 radical (unpaired) electrons. The van der Waals surface area contributed by atoms with E-state index in [0.717, 1.165) is 42.8 Å². The molecule has 1 aliphatic heterocycles. The zero-order valence-corrected chi connectivity index (χ0v) is 14.5. The van der Waals surface area contributed by atoms with Gasteiger partial charge in [-0.15, -0.1) is 0 Å². The molecule has 2 N–H and O–H groups in total. The number of aryl methyl sites for hydroxylation is 1. The minimum absolute atomic E-state index is 0.0503. The maximum Gasteiger partial charge on any atom is 0.257 e. The smallest absolute Gasteiger partial charge is 0.257 e. The third-order valence-corrected chi connectivity index (χ3v) is 5.32. The Morgan fingerprint density at radius 2 is 2.12 bits per heavy atom. The number of likely N-dealkylation sites (tertiary alicyclic amines) is 1. The van der Waals surface area contributed by atoms with Crippen molar-refractivity contribution in [3.63, 3.8) is 0 Å². The average molecular weight is 345 g/mol. The van der Waals surface area contributed by atoms with E-state index in [1.54, 1.807) is 6.20 Å². The van der Waals surface area contributed by atoms with Gasteiger partial charge in [-0.25, -0.2) is 4.68 Å². The Balaban J connectivity index is 1.73. The Bertz CT molecular complexity index is 796. The normalized spacial score (nSPS) is 20.6. The Morgan fingerprint density at radius 1 is 1.33 bits per heavy atom. The first-order valence-corrected chi connectivity index (χ1v) is 8.81. The van der Waals surface area contributed by atoms with Crippen molar-refractivity contribution in [2.75, 3.05) is 13.1 Å². The highest BCUT2D eigenvalue weighted by molar-refractivity contribution is 6.31. The predicted molar refractivity (Wildman–Crippen MR) is 93.8 cm³/mol. The molecule has 1 atom stereocenters. The summed E-state index contributed by atoms with van der Waals surface area (Å²) in [7, 11) is 0. The molecule has 2 aliphatic rings. The molecule has 1 aromatic heterocycles. The van der Waals surface area contributed by atoms with Gasteiger partial charge >= 0.3 is 0 Å². The third-order valence-electron chi connectivity index (χ3n) is 4.91. The number of amides is 1. The van der Waals surface area contributed by atoms with Crippen LogP contribution < -0.4 is 5.73 Å². The van der Waals surface area contributed by atoms with Crippen LogP contribution >= 0.6 is 11.6 Å². The van der Waals surface area contributed by atoms with E-state index in [2.05, 4.69) is 5.10 Å². The van der Waals surface area contributed by atoms with Gasteiger partial charge in [0.2, 0.25) is 0 Å². The van der Waals surface area contributed by atoms with Gasteiger partial charge in [0.25, 0.3) is 5.91 Å². The quantitative estimate of drug-likeness (QED) is 0.931. The summed E-state index contributed by atoms with van der Waals surface area (Å²) in [6.45, 7) is 3.33. The fraction of sp³-hybridized carbons (Fsp3) is 0.444. The number of nitrogens with two attached hydrogens (primary N) is 1. The first-order valence-electron chi connectivity index (χ1n) is 8.44. The lowest BCUT2D eigenvalue weighted by Gasteiger charge is -2.16. The van der Waals surface area contributed by atoms with E-state index in [1.165, 1.54) is 0 Å². The van der Waals surface area contributed by atoms with Gasteiger partial charge in [0.05, 0.1) is 23.1 Å². The van der Waals surface area contributed by atoms with E-state index in [-0.39, 0.29) is 11.9 Å². The molecule has 2 heterocycles. The van der Waals surface area contributed by atoms with Crippen LogP contribution in [0.2, 0.25) is 5.02 Å². The Labute approximate surface area is 146 Å². The van der Waals surface area contributed by atoms with Crippen molar-refractivity contribution in [3.05, 3.63) is 46.2 Å². The average Bonchev–Trinajstić information content (AvgIpc) is 3.15. The summed E-state index contributed by atoms with van der Waals surface area (Å²) in [6, 6.07) is 5.98. The number of nitrogens with zero attached hydrogens (tertiary/aromatic N) is 3. The predicted octanol–water partition coefficient (Wildman–Crippen LogP) is 2.88. The van der Waals surface area contributed by atoms with Crippen LogP contribution in [0, 0.1) is 6.92 Å². The second kappa shape index (κ2) is 5.90. The first-order chi connectivity index (χ1) is 11.5. The topological polar surface area (TPSA) is 64.2 Å². The summed E-state index contributed by atoms with van der Waals surface area (Å²) in [6.07, 6.45) is 4.77. The number of aromatic nitrogens is 2. The largest absolute Gasteiger partial charge is 0.337 e. The molecule has 24 heavy (non-hydrogen) atoms. The molecule has 1 unspecified atom stereocenters. The zero-order chi connectivity index (χ0) is 16.8. The molecule has 126 valence electrons. The molecule has 2 fully saturated rings. The van der Waals surface area contributed by atoms with Crippen LogP contribution in [0.1, 0.15) is 46.8 Å². The molecule has 1 saturated heterocycles. The second-order valence-corrected chi connectivity index (χ2v) is 7.27. The number of hydrogen-bond donors (Lipinski definition) is 1. The fourth-order valence-electron chi connectivity index (χ4n) is 3.33. The van der Waals surface area contributed by atoms with E-state index in [1.807, 2.05) is 34.7 Å². The maximum absolute atomic E-state index is 12.9. The number of carbonyl (C=O) groups excluding carboxylic acids is 1. The van der Waals surface area contributed by atoms with Crippen molar-refractivity contribution in [2.45, 2.75) is 38.1 Å². The number of rotatable bonds is 3. The molecule has 1 aromatic carbocycles. The van der Waals surface area contributed by atoms with Gasteiger partial charge in [0.15, 0.2) is 0 Å². The minimum atomic E-state index is 0.0503. The van der Waals surface area contributed by atoms with Gasteiger partial charge in [-0.1, -0.05) is 17.7 Å². The van der Waals surface area contributed by atoms with Gasteiger partial charge in [0.1, 0.15) is 0 Å². The monoisotopic (exact) mass is 344 g/mol. The van der Waals surface area contributed by atoms with Crippen molar-refractivity contribution in [1.29, 1.82) is 0 Å². The van der Waals surface area contributed by atoms with Crippen molar-refractivity contribution in [2.24, 2.45) is 5.73 Å². The standard InChI is InChI=1S/C18H21ClN4O/c1-11-2-5-14(8-16(11)19)23-17(12-3-4-12)15(9-21-23)18(24)22-7-6-13(20)10-22/h2,5,8-9,12-13H,3-4,6-7,10,20H2,1H3. The summed E-state index contributed by atoms with van der Waals surface area (Å²) in [5, 5.41) is 5.22. The molecule has 6 heteroatoms. The van der Waals surface area contributed by atoms with Crippen LogP contribution in [-0.4, -0.2) is 39.7 Å².